The first-order valence-corrected chi connectivity index (χ1v) is 13.4. The molecule has 1 atom stereocenters. The largest absolute Gasteiger partial charge is 0.349 e. The van der Waals surface area contributed by atoms with Crippen molar-refractivity contribution >= 4 is 37.8 Å². The van der Waals surface area contributed by atoms with E-state index in [0.717, 1.165) is 22.2 Å². The van der Waals surface area contributed by atoms with Crippen LogP contribution < -0.4 is 10.6 Å². The first kappa shape index (κ1) is 25.8. The Morgan fingerprint density at radius 3 is 2.58 bits per heavy atom. The zero-order valence-corrected chi connectivity index (χ0v) is 21.5. The SMILES string of the molecule is C#CCNc1nc(CNC(=O)[C@@H]2CCCN2S(=O)(=O)c2ccc(F)cc2)cc(-c2ccc(Br)cc2)n1. The monoisotopic (exact) mass is 571 g/mol. The maximum absolute atomic E-state index is 13.3. The fourth-order valence-corrected chi connectivity index (χ4v) is 5.81. The molecule has 1 aliphatic heterocycles. The van der Waals surface area contributed by atoms with Gasteiger partial charge in [0.2, 0.25) is 21.9 Å². The third-order valence-electron chi connectivity index (χ3n) is 5.64. The van der Waals surface area contributed by atoms with Crippen molar-refractivity contribution in [2.75, 3.05) is 18.4 Å². The number of rotatable bonds is 8. The van der Waals surface area contributed by atoms with Crippen LogP contribution in [-0.4, -0.2) is 47.7 Å². The molecule has 186 valence electrons. The van der Waals surface area contributed by atoms with E-state index in [1.165, 1.54) is 16.4 Å². The normalized spacial score (nSPS) is 15.9. The Hall–Kier alpha value is -3.33. The van der Waals surface area contributed by atoms with Crippen molar-refractivity contribution in [1.82, 2.24) is 19.6 Å². The number of hydrogen-bond acceptors (Lipinski definition) is 6. The summed E-state index contributed by atoms with van der Waals surface area (Å²) in [6.07, 6.45) is 6.27. The van der Waals surface area contributed by atoms with E-state index < -0.39 is 27.8 Å². The first-order chi connectivity index (χ1) is 17.3. The number of amides is 1. The number of nitrogens with one attached hydrogen (secondary N) is 2. The Morgan fingerprint density at radius 2 is 1.89 bits per heavy atom. The minimum Gasteiger partial charge on any atom is -0.349 e. The topological polar surface area (TPSA) is 104 Å². The van der Waals surface area contributed by atoms with Crippen molar-refractivity contribution < 1.29 is 17.6 Å². The second-order valence-electron chi connectivity index (χ2n) is 8.08. The van der Waals surface area contributed by atoms with Gasteiger partial charge >= 0.3 is 0 Å². The van der Waals surface area contributed by atoms with Crippen LogP contribution in [0.3, 0.4) is 0 Å². The Bertz CT molecular complexity index is 1390. The number of carbonyl (C=O) groups is 1. The van der Waals surface area contributed by atoms with E-state index in [-0.39, 0.29) is 24.5 Å². The highest BCUT2D eigenvalue weighted by Gasteiger charge is 2.39. The van der Waals surface area contributed by atoms with Crippen LogP contribution in [0.5, 0.6) is 0 Å². The van der Waals surface area contributed by atoms with E-state index in [0.29, 0.717) is 30.2 Å². The second-order valence-corrected chi connectivity index (χ2v) is 10.9. The van der Waals surface area contributed by atoms with Crippen molar-refractivity contribution in [3.05, 3.63) is 70.6 Å². The maximum Gasteiger partial charge on any atom is 0.243 e. The van der Waals surface area contributed by atoms with Crippen LogP contribution >= 0.6 is 15.9 Å². The predicted molar refractivity (Wildman–Crippen MR) is 138 cm³/mol. The van der Waals surface area contributed by atoms with Gasteiger partial charge in [0, 0.05) is 16.6 Å². The van der Waals surface area contributed by atoms with Gasteiger partial charge in [0.15, 0.2) is 0 Å². The molecule has 0 radical (unpaired) electrons. The molecule has 2 heterocycles. The highest BCUT2D eigenvalue weighted by Crippen LogP contribution is 2.27. The molecule has 1 fully saturated rings. The molecular weight excluding hydrogens is 549 g/mol. The van der Waals surface area contributed by atoms with Gasteiger partial charge in [-0.25, -0.2) is 22.8 Å². The molecule has 1 aliphatic rings. The molecule has 8 nitrogen and oxygen atoms in total. The Kier molecular flexibility index (Phi) is 7.98. The number of benzene rings is 2. The minimum atomic E-state index is -3.95. The van der Waals surface area contributed by atoms with Gasteiger partial charge < -0.3 is 10.6 Å². The summed E-state index contributed by atoms with van der Waals surface area (Å²) in [5.74, 6) is 1.83. The van der Waals surface area contributed by atoms with Crippen LogP contribution in [0.4, 0.5) is 10.3 Å². The molecule has 0 aliphatic carbocycles. The van der Waals surface area contributed by atoms with Gasteiger partial charge in [-0.3, -0.25) is 4.79 Å². The highest BCUT2D eigenvalue weighted by molar-refractivity contribution is 9.10. The first-order valence-electron chi connectivity index (χ1n) is 11.1. The lowest BCUT2D eigenvalue weighted by molar-refractivity contribution is -0.124. The number of aromatic nitrogens is 2. The van der Waals surface area contributed by atoms with Crippen molar-refractivity contribution in [2.24, 2.45) is 0 Å². The number of carbonyl (C=O) groups excluding carboxylic acids is 1. The lowest BCUT2D eigenvalue weighted by Crippen LogP contribution is -2.45. The van der Waals surface area contributed by atoms with E-state index in [4.69, 9.17) is 6.42 Å². The van der Waals surface area contributed by atoms with Crippen molar-refractivity contribution in [3.8, 4) is 23.6 Å². The number of nitrogens with zero attached hydrogens (tertiary/aromatic N) is 3. The highest BCUT2D eigenvalue weighted by atomic mass is 79.9. The number of sulfonamides is 1. The van der Waals surface area contributed by atoms with E-state index in [2.05, 4.69) is 42.5 Å². The van der Waals surface area contributed by atoms with Crippen LogP contribution in [0.1, 0.15) is 18.5 Å². The molecule has 2 N–H and O–H groups in total. The average Bonchev–Trinajstić information content (AvgIpc) is 3.38. The standard InChI is InChI=1S/C25H23BrFN5O3S/c1-2-13-28-25-30-20(15-22(31-25)17-5-7-18(26)8-6-17)16-29-24(33)23-4-3-14-32(23)36(34,35)21-11-9-19(27)10-12-21/h1,5-12,15,23H,3-4,13-14,16H2,(H,29,33)(H,28,30,31)/t23-/m0/s1. The molecule has 1 saturated heterocycles. The fraction of sp³-hybridized carbons (Fsp3) is 0.240. The van der Waals surface area contributed by atoms with E-state index >= 15 is 0 Å². The van der Waals surface area contributed by atoms with Crippen LogP contribution in [0.25, 0.3) is 11.3 Å². The number of hydrogen-bond donors (Lipinski definition) is 2. The van der Waals surface area contributed by atoms with Gasteiger partial charge in [-0.1, -0.05) is 34.0 Å². The molecule has 0 saturated carbocycles. The van der Waals surface area contributed by atoms with Gasteiger partial charge in [-0.05, 0) is 55.3 Å². The Morgan fingerprint density at radius 1 is 1.17 bits per heavy atom. The summed E-state index contributed by atoms with van der Waals surface area (Å²) in [5, 5.41) is 5.76. The fourth-order valence-electron chi connectivity index (χ4n) is 3.89. The molecule has 0 unspecified atom stereocenters. The zero-order valence-electron chi connectivity index (χ0n) is 19.1. The quantitative estimate of drug-likeness (QED) is 0.401. The molecule has 4 rings (SSSR count). The van der Waals surface area contributed by atoms with Crippen molar-refractivity contribution in [2.45, 2.75) is 30.3 Å². The van der Waals surface area contributed by atoms with Gasteiger partial charge in [0.05, 0.1) is 29.4 Å². The molecule has 1 amide bonds. The lowest BCUT2D eigenvalue weighted by atomic mass is 10.1. The summed E-state index contributed by atoms with van der Waals surface area (Å²) in [4.78, 5) is 21.9. The van der Waals surface area contributed by atoms with Crippen LogP contribution in [0, 0.1) is 18.2 Å². The summed E-state index contributed by atoms with van der Waals surface area (Å²) in [6, 6.07) is 13.0. The van der Waals surface area contributed by atoms with E-state index in [1.54, 1.807) is 6.07 Å². The minimum absolute atomic E-state index is 0.0530. The number of anilines is 1. The van der Waals surface area contributed by atoms with Gasteiger partial charge in [-0.2, -0.15) is 4.31 Å². The summed E-state index contributed by atoms with van der Waals surface area (Å²) in [7, 11) is -3.95. The number of halogens is 2. The van der Waals surface area contributed by atoms with Crippen LogP contribution in [0.2, 0.25) is 0 Å². The van der Waals surface area contributed by atoms with Gasteiger partial charge in [0.25, 0.3) is 0 Å². The lowest BCUT2D eigenvalue weighted by Gasteiger charge is -2.23. The van der Waals surface area contributed by atoms with Crippen molar-refractivity contribution in [1.29, 1.82) is 0 Å². The summed E-state index contributed by atoms with van der Waals surface area (Å²) in [6.45, 7) is 0.504. The van der Waals surface area contributed by atoms with E-state index in [1.807, 2.05) is 24.3 Å². The second kappa shape index (κ2) is 11.2. The summed E-state index contributed by atoms with van der Waals surface area (Å²) >= 11 is 3.41. The smallest absolute Gasteiger partial charge is 0.243 e. The zero-order chi connectivity index (χ0) is 25.7. The molecule has 3 aromatic rings. The molecule has 0 bridgehead atoms. The van der Waals surface area contributed by atoms with Crippen LogP contribution in [-0.2, 0) is 21.4 Å². The van der Waals surface area contributed by atoms with Gasteiger partial charge in [0.1, 0.15) is 11.9 Å². The molecule has 36 heavy (non-hydrogen) atoms. The average molecular weight is 572 g/mol. The Balaban J connectivity index is 1.52. The van der Waals surface area contributed by atoms with Gasteiger partial charge in [-0.15, -0.1) is 6.42 Å². The van der Waals surface area contributed by atoms with E-state index in [9.17, 15) is 17.6 Å². The van der Waals surface area contributed by atoms with Crippen LogP contribution in [0.15, 0.2) is 64.0 Å². The molecule has 0 spiro atoms. The third kappa shape index (κ3) is 5.90. The molecule has 11 heteroatoms. The Labute approximate surface area is 217 Å². The molecule has 2 aromatic carbocycles. The number of terminal acetylenes is 1. The maximum atomic E-state index is 13.3. The van der Waals surface area contributed by atoms with Crippen molar-refractivity contribution in [3.63, 3.8) is 0 Å². The molecule has 1 aromatic heterocycles. The summed E-state index contributed by atoms with van der Waals surface area (Å²) in [5.41, 5.74) is 2.02. The third-order valence-corrected chi connectivity index (χ3v) is 8.09. The predicted octanol–water partition coefficient (Wildman–Crippen LogP) is 3.56. The molecular formula is C25H23BrFN5O3S. The summed E-state index contributed by atoms with van der Waals surface area (Å²) < 4.78 is 41.5.